The van der Waals surface area contributed by atoms with Gasteiger partial charge in [0.05, 0.1) is 25.4 Å². The van der Waals surface area contributed by atoms with Crippen LogP contribution in [0, 0.1) is 0 Å². The van der Waals surface area contributed by atoms with Gasteiger partial charge in [-0.15, -0.1) is 13.2 Å². The van der Waals surface area contributed by atoms with Gasteiger partial charge in [-0.1, -0.05) is 17.3 Å². The van der Waals surface area contributed by atoms with Crippen LogP contribution in [0.3, 0.4) is 0 Å². The summed E-state index contributed by atoms with van der Waals surface area (Å²) < 4.78 is 60.3. The first-order valence-electron chi connectivity index (χ1n) is 13.1. The van der Waals surface area contributed by atoms with Crippen molar-refractivity contribution in [2.24, 2.45) is 0 Å². The van der Waals surface area contributed by atoms with Crippen molar-refractivity contribution in [3.63, 3.8) is 0 Å². The summed E-state index contributed by atoms with van der Waals surface area (Å²) in [5, 5.41) is 4.17. The predicted octanol–water partition coefficient (Wildman–Crippen LogP) is 6.02. The molecule has 3 fully saturated rings. The van der Waals surface area contributed by atoms with Crippen molar-refractivity contribution < 1.29 is 36.7 Å². The molecule has 3 aliphatic rings. The van der Waals surface area contributed by atoms with E-state index in [2.05, 4.69) is 19.8 Å². The second kappa shape index (κ2) is 10.2. The Bertz CT molecular complexity index is 1320. The molecule has 1 saturated carbocycles. The van der Waals surface area contributed by atoms with Crippen LogP contribution in [-0.4, -0.2) is 47.8 Å². The minimum absolute atomic E-state index is 0.0236. The number of carbonyl (C=O) groups is 1. The van der Waals surface area contributed by atoms with E-state index < -0.39 is 12.3 Å². The van der Waals surface area contributed by atoms with Gasteiger partial charge < -0.3 is 23.6 Å². The monoisotopic (exact) mass is 543 g/mol. The van der Waals surface area contributed by atoms with Crippen molar-refractivity contribution in [2.75, 3.05) is 12.0 Å². The standard InChI is InChI=1S/C28H28F3N3O5/c1-36-27(35)17-8-11-24(32-14-17)34-18-9-10-19(34)13-20(12-18)37-15-22-25(33-39-26(22)16-6-7-16)21-4-2-3-5-23(21)38-28(29,30)31/h2-5,8,11,14,16,18-20H,6-7,9-10,12-13,15H2,1H3/t18-,19+,20-. The fourth-order valence-electron chi connectivity index (χ4n) is 5.83. The highest BCUT2D eigenvalue weighted by Crippen LogP contribution is 2.46. The zero-order valence-electron chi connectivity index (χ0n) is 21.3. The van der Waals surface area contributed by atoms with Crippen LogP contribution in [0.15, 0.2) is 47.1 Å². The van der Waals surface area contributed by atoms with Gasteiger partial charge in [-0.05, 0) is 62.8 Å². The van der Waals surface area contributed by atoms with E-state index in [4.69, 9.17) is 14.0 Å². The van der Waals surface area contributed by atoms with Crippen molar-refractivity contribution in [2.45, 2.75) is 75.6 Å². The van der Waals surface area contributed by atoms with Crippen LogP contribution in [0.25, 0.3) is 11.3 Å². The Hall–Kier alpha value is -3.60. The minimum atomic E-state index is -4.82. The number of rotatable bonds is 8. The molecular formula is C28H28F3N3O5. The number of esters is 1. The number of para-hydroxylation sites is 1. The number of benzene rings is 1. The van der Waals surface area contributed by atoms with Gasteiger partial charge in [0.1, 0.15) is 23.0 Å². The van der Waals surface area contributed by atoms with Crippen LogP contribution in [0.4, 0.5) is 19.0 Å². The number of nitrogens with zero attached hydrogens (tertiary/aromatic N) is 3. The molecule has 4 heterocycles. The summed E-state index contributed by atoms with van der Waals surface area (Å²) in [4.78, 5) is 18.6. The van der Waals surface area contributed by atoms with Crippen LogP contribution in [0.5, 0.6) is 5.75 Å². The van der Waals surface area contributed by atoms with Crippen molar-refractivity contribution in [3.8, 4) is 17.0 Å². The van der Waals surface area contributed by atoms with Gasteiger partial charge in [0.25, 0.3) is 0 Å². The van der Waals surface area contributed by atoms with Crippen molar-refractivity contribution >= 4 is 11.8 Å². The number of anilines is 1. The maximum Gasteiger partial charge on any atom is 0.573 e. The molecule has 6 rings (SSSR count). The molecule has 39 heavy (non-hydrogen) atoms. The number of piperidine rings is 1. The molecular weight excluding hydrogens is 515 g/mol. The third-order valence-electron chi connectivity index (χ3n) is 7.72. The Morgan fingerprint density at radius 2 is 1.82 bits per heavy atom. The van der Waals surface area contributed by atoms with E-state index in [0.29, 0.717) is 22.6 Å². The molecule has 3 atom stereocenters. The summed E-state index contributed by atoms with van der Waals surface area (Å²) in [6.07, 6.45) is 2.21. The molecule has 0 unspecified atom stereocenters. The first kappa shape index (κ1) is 25.7. The predicted molar refractivity (Wildman–Crippen MR) is 133 cm³/mol. The van der Waals surface area contributed by atoms with Gasteiger partial charge in [-0.25, -0.2) is 9.78 Å². The molecule has 0 N–H and O–H groups in total. The van der Waals surface area contributed by atoms with E-state index in [1.165, 1.54) is 25.4 Å². The molecule has 3 aromatic rings. The number of methoxy groups -OCH3 is 1. The lowest BCUT2D eigenvalue weighted by molar-refractivity contribution is -0.274. The van der Waals surface area contributed by atoms with Crippen molar-refractivity contribution in [3.05, 3.63) is 59.5 Å². The molecule has 206 valence electrons. The highest BCUT2D eigenvalue weighted by Gasteiger charge is 2.42. The second-order valence-electron chi connectivity index (χ2n) is 10.3. The Kier molecular flexibility index (Phi) is 6.70. The molecule has 2 aliphatic heterocycles. The van der Waals surface area contributed by atoms with Gasteiger partial charge in [-0.3, -0.25) is 0 Å². The van der Waals surface area contributed by atoms with Crippen LogP contribution >= 0.6 is 0 Å². The summed E-state index contributed by atoms with van der Waals surface area (Å²) in [6, 6.07) is 10.0. The zero-order valence-corrected chi connectivity index (χ0v) is 21.3. The summed E-state index contributed by atoms with van der Waals surface area (Å²) in [6.45, 7) is 0.196. The molecule has 1 aromatic carbocycles. The third-order valence-corrected chi connectivity index (χ3v) is 7.72. The van der Waals surface area contributed by atoms with E-state index in [1.807, 2.05) is 6.07 Å². The van der Waals surface area contributed by atoms with E-state index in [9.17, 15) is 18.0 Å². The van der Waals surface area contributed by atoms with Gasteiger partial charge in [0.2, 0.25) is 0 Å². The number of carbonyl (C=O) groups excluding carboxylic acids is 1. The summed E-state index contributed by atoms with van der Waals surface area (Å²) >= 11 is 0. The molecule has 0 spiro atoms. The zero-order chi connectivity index (χ0) is 27.1. The smallest absolute Gasteiger partial charge is 0.465 e. The number of alkyl halides is 3. The average molecular weight is 544 g/mol. The molecule has 2 bridgehead atoms. The van der Waals surface area contributed by atoms with E-state index >= 15 is 0 Å². The highest BCUT2D eigenvalue weighted by molar-refractivity contribution is 5.89. The average Bonchev–Trinajstić information content (AvgIpc) is 3.62. The van der Waals surface area contributed by atoms with Crippen LogP contribution in [0.2, 0.25) is 0 Å². The van der Waals surface area contributed by atoms with Crippen molar-refractivity contribution in [1.29, 1.82) is 0 Å². The minimum Gasteiger partial charge on any atom is -0.465 e. The Balaban J connectivity index is 1.18. The van der Waals surface area contributed by atoms with Crippen LogP contribution in [-0.2, 0) is 16.1 Å². The quantitative estimate of drug-likeness (QED) is 0.319. The van der Waals surface area contributed by atoms with E-state index in [0.717, 1.165) is 44.3 Å². The SMILES string of the molecule is COC(=O)c1ccc(N2[C@@H]3CC[C@H]2C[C@H](OCc2c(-c4ccccc4OC(F)(F)F)noc2C2CC2)C3)nc1. The number of hydrogen-bond donors (Lipinski definition) is 0. The highest BCUT2D eigenvalue weighted by atomic mass is 19.4. The lowest BCUT2D eigenvalue weighted by atomic mass is 9.99. The molecule has 0 amide bonds. The summed E-state index contributed by atoms with van der Waals surface area (Å²) in [5.74, 6) is 0.973. The van der Waals surface area contributed by atoms with E-state index in [-0.39, 0.29) is 42.0 Å². The number of fused-ring (bicyclic) bond motifs is 2. The number of ether oxygens (including phenoxy) is 3. The number of aromatic nitrogens is 2. The van der Waals surface area contributed by atoms with Gasteiger partial charge in [0.15, 0.2) is 0 Å². The molecule has 8 nitrogen and oxygen atoms in total. The van der Waals surface area contributed by atoms with E-state index in [1.54, 1.807) is 18.2 Å². The Morgan fingerprint density at radius 1 is 1.08 bits per heavy atom. The molecule has 0 radical (unpaired) electrons. The van der Waals surface area contributed by atoms with Crippen LogP contribution in [0.1, 0.15) is 66.1 Å². The maximum atomic E-state index is 13.1. The Morgan fingerprint density at radius 3 is 2.46 bits per heavy atom. The summed E-state index contributed by atoms with van der Waals surface area (Å²) in [5.41, 5.74) is 1.64. The first-order valence-corrected chi connectivity index (χ1v) is 13.1. The van der Waals surface area contributed by atoms with Crippen molar-refractivity contribution in [1.82, 2.24) is 10.1 Å². The van der Waals surface area contributed by atoms with Gasteiger partial charge in [0, 0.05) is 35.3 Å². The molecule has 1 aliphatic carbocycles. The van der Waals surface area contributed by atoms with Gasteiger partial charge >= 0.3 is 12.3 Å². The lowest BCUT2D eigenvalue weighted by Crippen LogP contribution is -2.46. The largest absolute Gasteiger partial charge is 0.573 e. The van der Waals surface area contributed by atoms with Gasteiger partial charge in [-0.2, -0.15) is 0 Å². The third kappa shape index (κ3) is 5.32. The first-order chi connectivity index (χ1) is 18.8. The van der Waals surface area contributed by atoms with Crippen LogP contribution < -0.4 is 9.64 Å². The number of halogens is 3. The normalized spacial score (nSPS) is 22.7. The second-order valence-corrected chi connectivity index (χ2v) is 10.3. The number of hydrogen-bond acceptors (Lipinski definition) is 8. The Labute approximate surface area is 223 Å². The fraction of sp³-hybridized carbons (Fsp3) is 0.464. The lowest BCUT2D eigenvalue weighted by Gasteiger charge is -2.39. The maximum absolute atomic E-state index is 13.1. The topological polar surface area (TPSA) is 86.9 Å². The molecule has 2 saturated heterocycles. The number of pyridine rings is 1. The fourth-order valence-corrected chi connectivity index (χ4v) is 5.83. The molecule has 2 aromatic heterocycles. The molecule has 11 heteroatoms. The summed E-state index contributed by atoms with van der Waals surface area (Å²) in [7, 11) is 1.34.